The molecule has 0 aliphatic carbocycles. The fourth-order valence-corrected chi connectivity index (χ4v) is 3.72. The van der Waals surface area contributed by atoms with E-state index in [1.54, 1.807) is 0 Å². The first-order valence-electron chi connectivity index (χ1n) is 7.90. The van der Waals surface area contributed by atoms with Crippen molar-refractivity contribution in [3.05, 3.63) is 23.8 Å². The summed E-state index contributed by atoms with van der Waals surface area (Å²) in [5, 5.41) is 0. The number of fused-ring (bicyclic) bond motifs is 1. The van der Waals surface area contributed by atoms with Crippen LogP contribution >= 0.6 is 0 Å². The summed E-state index contributed by atoms with van der Waals surface area (Å²) >= 11 is 0. The molecule has 4 heteroatoms. The van der Waals surface area contributed by atoms with Crippen LogP contribution in [-0.4, -0.2) is 51.5 Å². The molecule has 1 aromatic heterocycles. The largest absolute Gasteiger partial charge is 0.298 e. The van der Waals surface area contributed by atoms with Crippen molar-refractivity contribution in [1.29, 1.82) is 0 Å². The van der Waals surface area contributed by atoms with Crippen molar-refractivity contribution in [2.75, 3.05) is 19.6 Å². The van der Waals surface area contributed by atoms with E-state index < -0.39 is 0 Å². The molecule has 0 amide bonds. The van der Waals surface area contributed by atoms with Gasteiger partial charge >= 0.3 is 0 Å². The molecule has 3 rings (SSSR count). The van der Waals surface area contributed by atoms with Gasteiger partial charge in [0.15, 0.2) is 0 Å². The predicted molar refractivity (Wildman–Crippen MR) is 80.4 cm³/mol. The van der Waals surface area contributed by atoms with Gasteiger partial charge in [-0.15, -0.1) is 0 Å². The van der Waals surface area contributed by atoms with Crippen molar-refractivity contribution in [3.8, 4) is 0 Å². The summed E-state index contributed by atoms with van der Waals surface area (Å²) in [6.45, 7) is 11.4. The molecule has 1 aromatic rings. The minimum atomic E-state index is 0.652. The van der Waals surface area contributed by atoms with E-state index in [-0.39, 0.29) is 0 Å². The van der Waals surface area contributed by atoms with Gasteiger partial charge in [0.25, 0.3) is 0 Å². The highest BCUT2D eigenvalue weighted by Crippen LogP contribution is 2.28. The van der Waals surface area contributed by atoms with E-state index in [0.29, 0.717) is 12.0 Å². The van der Waals surface area contributed by atoms with Crippen LogP contribution in [0.25, 0.3) is 0 Å². The Labute approximate surface area is 122 Å². The molecule has 0 saturated carbocycles. The zero-order valence-corrected chi connectivity index (χ0v) is 12.9. The average molecular weight is 274 g/mol. The van der Waals surface area contributed by atoms with Gasteiger partial charge in [0.2, 0.25) is 0 Å². The van der Waals surface area contributed by atoms with Crippen LogP contribution in [0, 0.1) is 12.8 Å². The Morgan fingerprint density at radius 3 is 2.95 bits per heavy atom. The fourth-order valence-electron chi connectivity index (χ4n) is 3.72. The Bertz CT molecular complexity index is 460. The second-order valence-electron chi connectivity index (χ2n) is 6.63. The SMILES string of the molecule is Cc1nccc(CN2CC3CCCN3CC2C(C)C)n1. The third kappa shape index (κ3) is 2.86. The summed E-state index contributed by atoms with van der Waals surface area (Å²) in [6, 6.07) is 3.48. The molecule has 4 nitrogen and oxygen atoms in total. The van der Waals surface area contributed by atoms with E-state index in [1.807, 2.05) is 13.1 Å². The number of aryl methyl sites for hydroxylation is 1. The van der Waals surface area contributed by atoms with Gasteiger partial charge in [-0.1, -0.05) is 13.8 Å². The average Bonchev–Trinajstić information content (AvgIpc) is 2.84. The first-order valence-corrected chi connectivity index (χ1v) is 7.90. The second-order valence-corrected chi connectivity index (χ2v) is 6.63. The summed E-state index contributed by atoms with van der Waals surface area (Å²) in [5.74, 6) is 1.57. The van der Waals surface area contributed by atoms with Crippen molar-refractivity contribution in [2.45, 2.75) is 52.2 Å². The maximum atomic E-state index is 4.58. The van der Waals surface area contributed by atoms with E-state index in [0.717, 1.165) is 24.1 Å². The van der Waals surface area contributed by atoms with Gasteiger partial charge in [-0.25, -0.2) is 9.97 Å². The molecule has 0 N–H and O–H groups in total. The van der Waals surface area contributed by atoms with E-state index in [2.05, 4.69) is 39.7 Å². The Kier molecular flexibility index (Phi) is 4.03. The third-order valence-electron chi connectivity index (χ3n) is 4.80. The Balaban J connectivity index is 1.75. The standard InChI is InChI=1S/C16H26N4/c1-12(2)16-11-19-8-4-5-15(19)10-20(16)9-14-6-7-17-13(3)18-14/h6-7,12,15-16H,4-5,8-11H2,1-3H3. The van der Waals surface area contributed by atoms with Crippen molar-refractivity contribution < 1.29 is 0 Å². The normalized spacial score (nSPS) is 28.0. The number of hydrogen-bond donors (Lipinski definition) is 0. The van der Waals surface area contributed by atoms with Crippen molar-refractivity contribution in [2.24, 2.45) is 5.92 Å². The van der Waals surface area contributed by atoms with E-state index in [4.69, 9.17) is 0 Å². The van der Waals surface area contributed by atoms with Crippen LogP contribution in [0.5, 0.6) is 0 Å². The number of rotatable bonds is 3. The summed E-state index contributed by atoms with van der Waals surface area (Å²) in [5.41, 5.74) is 1.16. The lowest BCUT2D eigenvalue weighted by Crippen LogP contribution is -2.57. The summed E-state index contributed by atoms with van der Waals surface area (Å²) in [7, 11) is 0. The molecule has 20 heavy (non-hydrogen) atoms. The van der Waals surface area contributed by atoms with Gasteiger partial charge in [-0.3, -0.25) is 9.80 Å². The van der Waals surface area contributed by atoms with Crippen LogP contribution in [0.4, 0.5) is 0 Å². The van der Waals surface area contributed by atoms with Crippen molar-refractivity contribution >= 4 is 0 Å². The second kappa shape index (κ2) is 5.78. The van der Waals surface area contributed by atoms with Crippen LogP contribution in [-0.2, 0) is 6.54 Å². The molecule has 2 unspecified atom stereocenters. The van der Waals surface area contributed by atoms with Gasteiger partial charge in [0.1, 0.15) is 5.82 Å². The Hall–Kier alpha value is -1.00. The van der Waals surface area contributed by atoms with Gasteiger partial charge in [-0.05, 0) is 38.3 Å². The maximum absolute atomic E-state index is 4.58. The predicted octanol–water partition coefficient (Wildman–Crippen LogP) is 2.09. The third-order valence-corrected chi connectivity index (χ3v) is 4.80. The Morgan fingerprint density at radius 1 is 1.35 bits per heavy atom. The molecular formula is C16H26N4. The van der Waals surface area contributed by atoms with Gasteiger partial charge < -0.3 is 0 Å². The molecular weight excluding hydrogens is 248 g/mol. The molecule has 0 spiro atoms. The molecule has 110 valence electrons. The minimum Gasteiger partial charge on any atom is -0.298 e. The van der Waals surface area contributed by atoms with Crippen molar-refractivity contribution in [1.82, 2.24) is 19.8 Å². The quantitative estimate of drug-likeness (QED) is 0.845. The molecule has 2 saturated heterocycles. The van der Waals surface area contributed by atoms with E-state index >= 15 is 0 Å². The number of piperazine rings is 1. The van der Waals surface area contributed by atoms with Crippen LogP contribution in [0.2, 0.25) is 0 Å². The fraction of sp³-hybridized carbons (Fsp3) is 0.750. The lowest BCUT2D eigenvalue weighted by atomic mass is 9.97. The Morgan fingerprint density at radius 2 is 2.20 bits per heavy atom. The summed E-state index contributed by atoms with van der Waals surface area (Å²) < 4.78 is 0. The lowest BCUT2D eigenvalue weighted by Gasteiger charge is -2.45. The number of aromatic nitrogens is 2. The molecule has 2 aliphatic heterocycles. The molecule has 3 heterocycles. The minimum absolute atomic E-state index is 0.652. The van der Waals surface area contributed by atoms with Gasteiger partial charge in [0, 0.05) is 37.9 Å². The first-order chi connectivity index (χ1) is 9.63. The lowest BCUT2D eigenvalue weighted by molar-refractivity contribution is 0.0231. The first kappa shape index (κ1) is 14.0. The van der Waals surface area contributed by atoms with E-state index in [1.165, 1.54) is 32.5 Å². The van der Waals surface area contributed by atoms with Crippen LogP contribution in [0.3, 0.4) is 0 Å². The molecule has 0 bridgehead atoms. The van der Waals surface area contributed by atoms with Crippen LogP contribution < -0.4 is 0 Å². The number of hydrogen-bond acceptors (Lipinski definition) is 4. The summed E-state index contributed by atoms with van der Waals surface area (Å²) in [6.07, 6.45) is 4.62. The zero-order chi connectivity index (χ0) is 14.1. The molecule has 0 radical (unpaired) electrons. The van der Waals surface area contributed by atoms with Crippen molar-refractivity contribution in [3.63, 3.8) is 0 Å². The summed E-state index contributed by atoms with van der Waals surface area (Å²) in [4.78, 5) is 14.1. The number of nitrogens with zero attached hydrogens (tertiary/aromatic N) is 4. The molecule has 0 aromatic carbocycles. The molecule has 2 atom stereocenters. The smallest absolute Gasteiger partial charge is 0.125 e. The van der Waals surface area contributed by atoms with Gasteiger partial charge in [-0.2, -0.15) is 0 Å². The highest BCUT2D eigenvalue weighted by molar-refractivity contribution is 5.03. The highest BCUT2D eigenvalue weighted by Gasteiger charge is 2.37. The highest BCUT2D eigenvalue weighted by atomic mass is 15.3. The zero-order valence-electron chi connectivity index (χ0n) is 12.9. The molecule has 2 fully saturated rings. The molecule has 2 aliphatic rings. The topological polar surface area (TPSA) is 32.3 Å². The van der Waals surface area contributed by atoms with Gasteiger partial charge in [0.05, 0.1) is 5.69 Å². The maximum Gasteiger partial charge on any atom is 0.125 e. The monoisotopic (exact) mass is 274 g/mol. The van der Waals surface area contributed by atoms with Crippen LogP contribution in [0.1, 0.15) is 38.2 Å². The van der Waals surface area contributed by atoms with Crippen LogP contribution in [0.15, 0.2) is 12.3 Å². The van der Waals surface area contributed by atoms with E-state index in [9.17, 15) is 0 Å².